The van der Waals surface area contributed by atoms with E-state index in [4.69, 9.17) is 20.6 Å². The van der Waals surface area contributed by atoms with Crippen LogP contribution in [0, 0.1) is 11.3 Å². The molecule has 1 aliphatic rings. The Kier molecular flexibility index (Phi) is 9.90. The Labute approximate surface area is 208 Å². The van der Waals surface area contributed by atoms with E-state index in [1.165, 1.54) is 23.8 Å². The number of rotatable bonds is 10. The van der Waals surface area contributed by atoms with Crippen molar-refractivity contribution in [1.82, 2.24) is 4.90 Å². The maximum Gasteiger partial charge on any atom is 0.245 e. The average molecular weight is 501 g/mol. The van der Waals surface area contributed by atoms with Gasteiger partial charge in [-0.05, 0) is 53.8 Å². The molecule has 192 valence electrons. The zero-order valence-electron chi connectivity index (χ0n) is 19.9. The summed E-state index contributed by atoms with van der Waals surface area (Å²) in [6.07, 6.45) is -0.467. The predicted molar refractivity (Wildman–Crippen MR) is 132 cm³/mol. The van der Waals surface area contributed by atoms with Gasteiger partial charge in [-0.3, -0.25) is 0 Å². The molecular weight excluding hydrogens is 470 g/mol. The molecule has 0 amide bonds. The van der Waals surface area contributed by atoms with Crippen molar-refractivity contribution in [3.05, 3.63) is 70.8 Å². The van der Waals surface area contributed by atoms with Crippen LogP contribution in [-0.4, -0.2) is 72.8 Å². The van der Waals surface area contributed by atoms with Crippen LogP contribution in [0.1, 0.15) is 27.8 Å². The first-order chi connectivity index (χ1) is 17.4. The molecular formula is C26H30F2N4O4. The summed E-state index contributed by atoms with van der Waals surface area (Å²) in [5.41, 5.74) is 3.91. The van der Waals surface area contributed by atoms with Crippen LogP contribution in [0.25, 0.3) is 5.70 Å². The summed E-state index contributed by atoms with van der Waals surface area (Å²) in [6.45, 7) is 3.67. The number of nitrogens with two attached hydrogens (primary N) is 1. The maximum absolute atomic E-state index is 12.8. The van der Waals surface area contributed by atoms with Gasteiger partial charge in [0.25, 0.3) is 0 Å². The van der Waals surface area contributed by atoms with Crippen LogP contribution in [0.3, 0.4) is 0 Å². The molecule has 1 heterocycles. The highest BCUT2D eigenvalue weighted by Crippen LogP contribution is 2.25. The van der Waals surface area contributed by atoms with Crippen LogP contribution in [0.5, 0.6) is 5.75 Å². The molecule has 0 fully saturated rings. The van der Waals surface area contributed by atoms with Crippen molar-refractivity contribution in [2.45, 2.75) is 25.0 Å². The zero-order valence-corrected chi connectivity index (χ0v) is 19.9. The van der Waals surface area contributed by atoms with E-state index in [1.807, 2.05) is 24.3 Å². The Morgan fingerprint density at radius 3 is 2.47 bits per heavy atom. The lowest BCUT2D eigenvalue weighted by atomic mass is 9.99. The number of fused-ring (bicyclic) bond motifs is 1. The predicted octanol–water partition coefficient (Wildman–Crippen LogP) is 2.31. The number of halogens is 2. The molecule has 4 N–H and O–H groups in total. The molecule has 1 unspecified atom stereocenters. The second-order valence-corrected chi connectivity index (χ2v) is 8.47. The molecule has 1 aliphatic heterocycles. The monoisotopic (exact) mass is 500 g/mol. The van der Waals surface area contributed by atoms with Crippen LogP contribution in [0.2, 0.25) is 0 Å². The highest BCUT2D eigenvalue weighted by atomic mass is 19.1. The fourth-order valence-electron chi connectivity index (χ4n) is 3.97. The fraction of sp³-hybridized carbons (Fsp3) is 0.385. The average Bonchev–Trinajstić information content (AvgIpc) is 3.11. The molecule has 10 heteroatoms. The van der Waals surface area contributed by atoms with Crippen LogP contribution >= 0.6 is 0 Å². The van der Waals surface area contributed by atoms with Crippen molar-refractivity contribution in [2.75, 3.05) is 39.6 Å². The molecule has 3 rings (SSSR count). The first kappa shape index (κ1) is 27.2. The molecule has 1 atom stereocenters. The number of benzene rings is 2. The van der Waals surface area contributed by atoms with Gasteiger partial charge in [0, 0.05) is 25.2 Å². The van der Waals surface area contributed by atoms with E-state index in [1.54, 1.807) is 0 Å². The Morgan fingerprint density at radius 1 is 1.14 bits per heavy atom. The molecule has 0 aromatic heterocycles. The van der Waals surface area contributed by atoms with Gasteiger partial charge in [0.2, 0.25) is 5.90 Å². The van der Waals surface area contributed by atoms with Crippen molar-refractivity contribution in [1.29, 1.82) is 5.26 Å². The number of ether oxygens (including phenoxy) is 1. The van der Waals surface area contributed by atoms with Crippen LogP contribution in [-0.2, 0) is 17.7 Å². The van der Waals surface area contributed by atoms with E-state index in [-0.39, 0.29) is 23.8 Å². The summed E-state index contributed by atoms with van der Waals surface area (Å²) in [5.74, 6) is 5.51. The van der Waals surface area contributed by atoms with Crippen molar-refractivity contribution in [3.8, 4) is 11.8 Å². The quantitative estimate of drug-likeness (QED) is 0.260. The third-order valence-corrected chi connectivity index (χ3v) is 5.95. The lowest BCUT2D eigenvalue weighted by Crippen LogP contribution is -2.35. The van der Waals surface area contributed by atoms with Crippen LogP contribution in [0.15, 0.2) is 48.0 Å². The van der Waals surface area contributed by atoms with Gasteiger partial charge in [0.1, 0.15) is 25.2 Å². The third kappa shape index (κ3) is 6.86. The van der Waals surface area contributed by atoms with E-state index in [0.29, 0.717) is 17.8 Å². The molecule has 2 aromatic carbocycles. The lowest BCUT2D eigenvalue weighted by molar-refractivity contribution is 0.0605. The number of aliphatic hydroxyl groups is 2. The normalized spacial score (nSPS) is 15.1. The molecule has 0 bridgehead atoms. The molecule has 0 saturated heterocycles. The highest BCUT2D eigenvalue weighted by Gasteiger charge is 2.18. The first-order valence-electron chi connectivity index (χ1n) is 11.5. The topological polar surface area (TPSA) is 124 Å². The van der Waals surface area contributed by atoms with Crippen molar-refractivity contribution in [3.63, 3.8) is 0 Å². The Morgan fingerprint density at radius 2 is 1.83 bits per heavy atom. The van der Waals surface area contributed by atoms with Gasteiger partial charge in [0.05, 0.1) is 24.0 Å². The summed E-state index contributed by atoms with van der Waals surface area (Å²) < 4.78 is 30.9. The molecule has 8 nitrogen and oxygen atoms in total. The molecule has 0 saturated carbocycles. The van der Waals surface area contributed by atoms with Gasteiger partial charge in [-0.2, -0.15) is 11.2 Å². The number of hydrogen-bond donors (Lipinski definition) is 3. The smallest absolute Gasteiger partial charge is 0.245 e. The first-order valence-corrected chi connectivity index (χ1v) is 11.5. The lowest BCUT2D eigenvalue weighted by Gasteiger charge is -2.21. The summed E-state index contributed by atoms with van der Waals surface area (Å²) in [7, 11) is 0. The van der Waals surface area contributed by atoms with Crippen LogP contribution in [0.4, 0.5) is 8.78 Å². The molecule has 0 aliphatic carbocycles. The van der Waals surface area contributed by atoms with E-state index in [2.05, 4.69) is 16.5 Å². The second kappa shape index (κ2) is 13.1. The number of alkyl halides is 2. The van der Waals surface area contributed by atoms with E-state index >= 15 is 0 Å². The van der Waals surface area contributed by atoms with Crippen molar-refractivity contribution < 1.29 is 28.6 Å². The van der Waals surface area contributed by atoms with Gasteiger partial charge in [0.15, 0.2) is 6.10 Å². The highest BCUT2D eigenvalue weighted by molar-refractivity contribution is 5.97. The van der Waals surface area contributed by atoms with Gasteiger partial charge in [-0.1, -0.05) is 18.7 Å². The largest absolute Gasteiger partial charge is 0.484 e. The number of hydrogen-bond acceptors (Lipinski definition) is 8. The minimum atomic E-state index is -1.29. The van der Waals surface area contributed by atoms with Gasteiger partial charge < -0.3 is 24.7 Å². The number of aliphatic hydroxyl groups excluding tert-OH is 2. The molecule has 2 aromatic rings. The summed E-state index contributed by atoms with van der Waals surface area (Å²) in [5, 5.41) is 28.3. The minimum Gasteiger partial charge on any atom is -0.484 e. The van der Waals surface area contributed by atoms with Crippen molar-refractivity contribution in [2.24, 2.45) is 10.9 Å². The maximum atomic E-state index is 12.8. The summed E-state index contributed by atoms with van der Waals surface area (Å²) >= 11 is 0. The zero-order chi connectivity index (χ0) is 26.1. The standard InChI is InChI=1S/C26H30F2N4O4/c1-17(19-3-2-18-6-8-32(15-23(34)16-33)9-7-20(18)10-19)31-26(36-30)21-4-5-25(22(11-21)14-29)35-24(12-27)13-28/h2-5,10-11,23-24,33-34H,1,6-9,12-13,15-16,30H2/b31-26-. The summed E-state index contributed by atoms with van der Waals surface area (Å²) in [6, 6.07) is 12.2. The van der Waals surface area contributed by atoms with Gasteiger partial charge in [-0.15, -0.1) is 0 Å². The Hall–Kier alpha value is -3.36. The third-order valence-electron chi connectivity index (χ3n) is 5.95. The molecule has 0 radical (unpaired) electrons. The number of aliphatic imine (C=N–C) groups is 1. The Balaban J connectivity index is 1.79. The Bertz CT molecular complexity index is 1130. The minimum absolute atomic E-state index is 0.00897. The van der Waals surface area contributed by atoms with E-state index in [9.17, 15) is 19.1 Å². The number of nitriles is 1. The number of nitrogens with zero attached hydrogens (tertiary/aromatic N) is 3. The number of β-amino-alcohol motifs (C(OH)–C–C–N with tert-alkyl or cyclic N) is 1. The van der Waals surface area contributed by atoms with Gasteiger partial charge >= 0.3 is 0 Å². The van der Waals surface area contributed by atoms with Crippen molar-refractivity contribution >= 4 is 11.6 Å². The second-order valence-electron chi connectivity index (χ2n) is 8.47. The van der Waals surface area contributed by atoms with Gasteiger partial charge in [-0.25, -0.2) is 13.8 Å². The fourth-order valence-corrected chi connectivity index (χ4v) is 3.97. The van der Waals surface area contributed by atoms with Crippen LogP contribution < -0.4 is 10.6 Å². The van der Waals surface area contributed by atoms with E-state index in [0.717, 1.165) is 37.1 Å². The molecule has 0 spiro atoms. The SMILES string of the molecule is C=C(/N=C(\ON)c1ccc(OC(CF)CF)c(C#N)c1)c1ccc2c(c1)CCN(CC(O)CO)CC2. The van der Waals surface area contributed by atoms with E-state index < -0.39 is 25.6 Å². The summed E-state index contributed by atoms with van der Waals surface area (Å²) in [4.78, 5) is 11.5. The molecule has 36 heavy (non-hydrogen) atoms.